The lowest BCUT2D eigenvalue weighted by Crippen LogP contribution is -2.35. The van der Waals surface area contributed by atoms with Crippen LogP contribution in [0.2, 0.25) is 0 Å². The van der Waals surface area contributed by atoms with Crippen molar-refractivity contribution in [3.63, 3.8) is 0 Å². The Bertz CT molecular complexity index is 836. The standard InChI is InChI=1S/C42H79NO5/c1-6-8-16-24-36(25-17-9-7-2)28-33-47-39(45)26-18-12-10-14-20-29-43(31-22-23-32-44)30-21-15-11-13-19-27-40(46)48-38-34-37-35-42(37,5)41(38,3)4/h36-38,44H,6-35H2,1-5H3/t37-,38-,42?/m0/s1. The summed E-state index contributed by atoms with van der Waals surface area (Å²) in [5.41, 5.74) is 0.488. The SMILES string of the molecule is CCCCCC(CCCCC)CCOC(=O)CCCCCCCN(CCCCO)CCCCCCCC(=O)O[C@H]1C[C@H]2CC2(C)C1(C)C. The normalized spacial score (nSPS) is 21.2. The maximum absolute atomic E-state index is 12.5. The third-order valence-corrected chi connectivity index (χ3v) is 12.3. The quantitative estimate of drug-likeness (QED) is 0.0564. The molecule has 2 aliphatic carbocycles. The van der Waals surface area contributed by atoms with Gasteiger partial charge in [-0.15, -0.1) is 0 Å². The maximum Gasteiger partial charge on any atom is 0.306 e. The highest BCUT2D eigenvalue weighted by molar-refractivity contribution is 5.69. The molecule has 0 aromatic heterocycles. The van der Waals surface area contributed by atoms with Crippen molar-refractivity contribution in [2.45, 2.75) is 201 Å². The average molecular weight is 678 g/mol. The molecule has 0 amide bonds. The fourth-order valence-electron chi connectivity index (χ4n) is 8.18. The molecule has 2 saturated carbocycles. The van der Waals surface area contributed by atoms with Gasteiger partial charge in [0, 0.05) is 24.9 Å². The minimum atomic E-state index is -0.00961. The van der Waals surface area contributed by atoms with E-state index < -0.39 is 0 Å². The third kappa shape index (κ3) is 16.7. The molecule has 2 fully saturated rings. The van der Waals surface area contributed by atoms with Crippen LogP contribution < -0.4 is 0 Å². The van der Waals surface area contributed by atoms with Gasteiger partial charge >= 0.3 is 11.9 Å². The van der Waals surface area contributed by atoms with Crippen LogP contribution in [0, 0.1) is 22.7 Å². The van der Waals surface area contributed by atoms with E-state index in [1.54, 1.807) is 0 Å². The van der Waals surface area contributed by atoms with E-state index in [9.17, 15) is 14.7 Å². The van der Waals surface area contributed by atoms with Gasteiger partial charge in [0.25, 0.3) is 0 Å². The predicted octanol–water partition coefficient (Wildman–Crippen LogP) is 10.8. The molecular formula is C42H79NO5. The minimum absolute atomic E-state index is 0.00246. The van der Waals surface area contributed by atoms with Gasteiger partial charge in [-0.25, -0.2) is 0 Å². The molecule has 2 aliphatic rings. The zero-order valence-corrected chi connectivity index (χ0v) is 32.5. The van der Waals surface area contributed by atoms with Gasteiger partial charge in [-0.3, -0.25) is 9.59 Å². The molecule has 2 rings (SSSR count). The van der Waals surface area contributed by atoms with E-state index in [-0.39, 0.29) is 30.1 Å². The molecular weight excluding hydrogens is 598 g/mol. The molecule has 0 heterocycles. The monoisotopic (exact) mass is 678 g/mol. The van der Waals surface area contributed by atoms with Gasteiger partial charge in [-0.2, -0.15) is 0 Å². The summed E-state index contributed by atoms with van der Waals surface area (Å²) in [6, 6.07) is 0. The highest BCUT2D eigenvalue weighted by Gasteiger charge is 2.68. The van der Waals surface area contributed by atoms with Gasteiger partial charge in [0.15, 0.2) is 0 Å². The van der Waals surface area contributed by atoms with Gasteiger partial charge in [-0.05, 0) is 94.7 Å². The maximum atomic E-state index is 12.5. The summed E-state index contributed by atoms with van der Waals surface area (Å²) >= 11 is 0. The van der Waals surface area contributed by atoms with Gasteiger partial charge in [0.2, 0.25) is 0 Å². The van der Waals surface area contributed by atoms with Gasteiger partial charge in [0.1, 0.15) is 6.10 Å². The third-order valence-electron chi connectivity index (χ3n) is 12.3. The van der Waals surface area contributed by atoms with Gasteiger partial charge in [0.05, 0.1) is 6.61 Å². The van der Waals surface area contributed by atoms with Crippen LogP contribution in [0.4, 0.5) is 0 Å². The van der Waals surface area contributed by atoms with Crippen molar-refractivity contribution in [1.82, 2.24) is 4.90 Å². The summed E-state index contributed by atoms with van der Waals surface area (Å²) in [6.07, 6.45) is 28.1. The highest BCUT2D eigenvalue weighted by Crippen LogP contribution is 2.72. The number of aliphatic hydroxyl groups excluding tert-OH is 1. The van der Waals surface area contributed by atoms with Crippen LogP contribution in [0.1, 0.15) is 195 Å². The largest absolute Gasteiger partial charge is 0.466 e. The Labute approximate surface area is 297 Å². The summed E-state index contributed by atoms with van der Waals surface area (Å²) in [5.74, 6) is 1.46. The molecule has 0 aromatic rings. The van der Waals surface area contributed by atoms with Crippen LogP contribution in [0.25, 0.3) is 0 Å². The number of aliphatic hydroxyl groups is 1. The summed E-state index contributed by atoms with van der Waals surface area (Å²) in [7, 11) is 0. The smallest absolute Gasteiger partial charge is 0.306 e. The van der Waals surface area contributed by atoms with Crippen LogP contribution in [-0.4, -0.2) is 60.9 Å². The van der Waals surface area contributed by atoms with Crippen LogP contribution in [-0.2, 0) is 19.1 Å². The zero-order valence-electron chi connectivity index (χ0n) is 32.5. The van der Waals surface area contributed by atoms with E-state index >= 15 is 0 Å². The molecule has 282 valence electrons. The van der Waals surface area contributed by atoms with Crippen LogP contribution in [0.15, 0.2) is 0 Å². The first kappa shape index (κ1) is 43.0. The van der Waals surface area contributed by atoms with Crippen molar-refractivity contribution >= 4 is 11.9 Å². The molecule has 0 aromatic carbocycles. The Hall–Kier alpha value is -1.14. The molecule has 0 radical (unpaired) electrons. The van der Waals surface area contributed by atoms with E-state index in [2.05, 4.69) is 39.5 Å². The molecule has 0 saturated heterocycles. The lowest BCUT2D eigenvalue weighted by Gasteiger charge is -2.34. The molecule has 6 nitrogen and oxygen atoms in total. The number of carbonyl (C=O) groups is 2. The van der Waals surface area contributed by atoms with Crippen molar-refractivity contribution in [3.05, 3.63) is 0 Å². The fourth-order valence-corrected chi connectivity index (χ4v) is 8.18. The summed E-state index contributed by atoms with van der Waals surface area (Å²) in [4.78, 5) is 27.4. The molecule has 0 bridgehead atoms. The number of hydrogen-bond acceptors (Lipinski definition) is 6. The average Bonchev–Trinajstić information content (AvgIpc) is 3.69. The number of esters is 2. The van der Waals surface area contributed by atoms with Crippen molar-refractivity contribution in [2.75, 3.05) is 32.8 Å². The summed E-state index contributed by atoms with van der Waals surface area (Å²) < 4.78 is 11.6. The first-order valence-electron chi connectivity index (χ1n) is 20.9. The molecule has 1 N–H and O–H groups in total. The van der Waals surface area contributed by atoms with Crippen LogP contribution in [0.5, 0.6) is 0 Å². The van der Waals surface area contributed by atoms with Crippen LogP contribution >= 0.6 is 0 Å². The number of rotatable bonds is 32. The first-order chi connectivity index (χ1) is 23.2. The molecule has 1 unspecified atom stereocenters. The molecule has 6 heteroatoms. The number of hydrogen-bond donors (Lipinski definition) is 1. The second-order valence-corrected chi connectivity index (χ2v) is 16.4. The minimum Gasteiger partial charge on any atom is -0.466 e. The number of ether oxygens (including phenoxy) is 2. The summed E-state index contributed by atoms with van der Waals surface area (Å²) in [6.45, 7) is 15.6. The molecule has 48 heavy (non-hydrogen) atoms. The van der Waals surface area contributed by atoms with Crippen LogP contribution in [0.3, 0.4) is 0 Å². The second-order valence-electron chi connectivity index (χ2n) is 16.4. The lowest BCUT2D eigenvalue weighted by atomic mass is 9.76. The Morgan fingerprint density at radius 2 is 1.21 bits per heavy atom. The second kappa shape index (κ2) is 24.9. The van der Waals surface area contributed by atoms with E-state index in [1.807, 2.05) is 0 Å². The molecule has 0 spiro atoms. The fraction of sp³-hybridized carbons (Fsp3) is 0.952. The highest BCUT2D eigenvalue weighted by atomic mass is 16.5. The number of nitrogens with zero attached hydrogens (tertiary/aromatic N) is 1. The Morgan fingerprint density at radius 1 is 0.688 bits per heavy atom. The Kier molecular flexibility index (Phi) is 22.3. The zero-order chi connectivity index (χ0) is 35.1. The van der Waals surface area contributed by atoms with E-state index in [4.69, 9.17) is 9.47 Å². The van der Waals surface area contributed by atoms with Crippen molar-refractivity contribution in [3.8, 4) is 0 Å². The number of unbranched alkanes of at least 4 members (excludes halogenated alkanes) is 13. The van der Waals surface area contributed by atoms with Gasteiger partial charge in [-0.1, -0.05) is 125 Å². The van der Waals surface area contributed by atoms with Gasteiger partial charge < -0.3 is 19.5 Å². The Morgan fingerprint density at radius 3 is 1.73 bits per heavy atom. The predicted molar refractivity (Wildman–Crippen MR) is 200 cm³/mol. The number of fused-ring (bicyclic) bond motifs is 1. The number of carbonyl (C=O) groups excluding carboxylic acids is 2. The first-order valence-corrected chi connectivity index (χ1v) is 20.9. The molecule has 3 atom stereocenters. The van der Waals surface area contributed by atoms with E-state index in [0.29, 0.717) is 30.8 Å². The summed E-state index contributed by atoms with van der Waals surface area (Å²) in [5, 5.41) is 9.25. The molecule has 0 aliphatic heterocycles. The lowest BCUT2D eigenvalue weighted by molar-refractivity contribution is -0.156. The topological polar surface area (TPSA) is 76.1 Å². The van der Waals surface area contributed by atoms with E-state index in [0.717, 1.165) is 76.9 Å². The Balaban J connectivity index is 1.47. The van der Waals surface area contributed by atoms with Crippen molar-refractivity contribution in [2.24, 2.45) is 22.7 Å². The van der Waals surface area contributed by atoms with E-state index in [1.165, 1.54) is 96.3 Å². The van der Waals surface area contributed by atoms with Crippen molar-refractivity contribution < 1.29 is 24.2 Å². The van der Waals surface area contributed by atoms with Crippen molar-refractivity contribution in [1.29, 1.82) is 0 Å².